The van der Waals surface area contributed by atoms with E-state index in [0.29, 0.717) is 44.7 Å². The molecule has 2 aliphatic heterocycles. The monoisotopic (exact) mass is 443 g/mol. The zero-order valence-corrected chi connectivity index (χ0v) is 19.7. The fourth-order valence-electron chi connectivity index (χ4n) is 4.80. The molecule has 1 N–H and O–H groups in total. The molecule has 9 nitrogen and oxygen atoms in total. The van der Waals surface area contributed by atoms with Gasteiger partial charge in [-0.3, -0.25) is 14.3 Å². The van der Waals surface area contributed by atoms with Gasteiger partial charge in [0.1, 0.15) is 5.76 Å². The average molecular weight is 444 g/mol. The zero-order chi connectivity index (χ0) is 23.0. The molecule has 4 heterocycles. The largest absolute Gasteiger partial charge is 0.370 e. The maximum Gasteiger partial charge on any atom is 0.272 e. The van der Waals surface area contributed by atoms with Crippen molar-refractivity contribution in [3.63, 3.8) is 0 Å². The van der Waals surface area contributed by atoms with E-state index < -0.39 is 0 Å². The van der Waals surface area contributed by atoms with E-state index in [-0.39, 0.29) is 23.5 Å². The Hall–Kier alpha value is -2.68. The van der Waals surface area contributed by atoms with Crippen molar-refractivity contribution in [2.75, 3.05) is 13.1 Å². The number of nitrogens with zero attached hydrogens (tertiary/aromatic N) is 4. The second-order valence-electron chi connectivity index (χ2n) is 9.36. The first-order valence-corrected chi connectivity index (χ1v) is 11.4. The molecule has 0 aromatic carbocycles. The van der Waals surface area contributed by atoms with Crippen molar-refractivity contribution in [1.82, 2.24) is 25.2 Å². The van der Waals surface area contributed by atoms with Gasteiger partial charge in [-0.05, 0) is 47.0 Å². The highest BCUT2D eigenvalue weighted by Crippen LogP contribution is 2.37. The Morgan fingerprint density at radius 1 is 1.22 bits per heavy atom. The summed E-state index contributed by atoms with van der Waals surface area (Å²) in [5.41, 5.74) is 3.99. The van der Waals surface area contributed by atoms with Crippen LogP contribution >= 0.6 is 0 Å². The second-order valence-corrected chi connectivity index (χ2v) is 9.36. The molecule has 2 aliphatic rings. The highest BCUT2D eigenvalue weighted by molar-refractivity contribution is 5.94. The van der Waals surface area contributed by atoms with Crippen LogP contribution in [0.3, 0.4) is 0 Å². The van der Waals surface area contributed by atoms with Crippen LogP contribution in [-0.2, 0) is 36.0 Å². The minimum atomic E-state index is -0.301. The molecule has 0 radical (unpaired) electrons. The summed E-state index contributed by atoms with van der Waals surface area (Å²) in [6.07, 6.45) is 3.38. The molecule has 0 aliphatic carbocycles. The number of hydrogen-bond donors (Lipinski definition) is 1. The van der Waals surface area contributed by atoms with Crippen LogP contribution in [-0.4, -0.2) is 56.4 Å². The van der Waals surface area contributed by atoms with Gasteiger partial charge in [0.2, 0.25) is 5.91 Å². The standard InChI is InChI=1S/C23H33N5O4/c1-14(2)24-22(30)21-18-13-31-23(12-19(18)27(5)25-21)8-10-28(11-9-23)20(29)7-6-17-15(3)26-32-16(17)4/h14H,6-13H2,1-5H3,(H,24,30). The van der Waals surface area contributed by atoms with Crippen LogP contribution in [0.25, 0.3) is 0 Å². The number of likely N-dealkylation sites (tertiary alicyclic amines) is 1. The lowest BCUT2D eigenvalue weighted by molar-refractivity contribution is -0.141. The van der Waals surface area contributed by atoms with Crippen LogP contribution in [0, 0.1) is 13.8 Å². The van der Waals surface area contributed by atoms with E-state index in [1.165, 1.54) is 0 Å². The van der Waals surface area contributed by atoms with Crippen LogP contribution in [0.1, 0.15) is 71.9 Å². The number of rotatable bonds is 5. The Morgan fingerprint density at radius 2 is 1.94 bits per heavy atom. The highest BCUT2D eigenvalue weighted by Gasteiger charge is 2.42. The summed E-state index contributed by atoms with van der Waals surface area (Å²) in [4.78, 5) is 27.2. The molecule has 0 atom stereocenters. The van der Waals surface area contributed by atoms with Gasteiger partial charge in [0.15, 0.2) is 5.69 Å². The summed E-state index contributed by atoms with van der Waals surface area (Å²) in [5, 5.41) is 11.4. The van der Waals surface area contributed by atoms with Gasteiger partial charge >= 0.3 is 0 Å². The maximum atomic E-state index is 12.8. The molecule has 2 amide bonds. The zero-order valence-electron chi connectivity index (χ0n) is 19.7. The van der Waals surface area contributed by atoms with E-state index in [9.17, 15) is 9.59 Å². The molecule has 1 spiro atoms. The first kappa shape index (κ1) is 22.5. The molecule has 32 heavy (non-hydrogen) atoms. The van der Waals surface area contributed by atoms with E-state index in [0.717, 1.165) is 41.1 Å². The van der Waals surface area contributed by atoms with Crippen LogP contribution in [0.4, 0.5) is 0 Å². The van der Waals surface area contributed by atoms with Gasteiger partial charge in [0.25, 0.3) is 5.91 Å². The van der Waals surface area contributed by atoms with Crippen LogP contribution < -0.4 is 5.32 Å². The third kappa shape index (κ3) is 4.30. The normalized spacial score (nSPS) is 17.6. The molecular formula is C23H33N5O4. The van der Waals surface area contributed by atoms with Crippen LogP contribution in [0.5, 0.6) is 0 Å². The van der Waals surface area contributed by atoms with Crippen molar-refractivity contribution >= 4 is 11.8 Å². The average Bonchev–Trinajstić information content (AvgIpc) is 3.25. The second kappa shape index (κ2) is 8.69. The highest BCUT2D eigenvalue weighted by atomic mass is 16.5. The summed E-state index contributed by atoms with van der Waals surface area (Å²) >= 11 is 0. The maximum absolute atomic E-state index is 12.8. The van der Waals surface area contributed by atoms with Gasteiger partial charge in [0, 0.05) is 55.8 Å². The molecule has 2 aromatic heterocycles. The van der Waals surface area contributed by atoms with E-state index in [1.807, 2.05) is 44.3 Å². The lowest BCUT2D eigenvalue weighted by atomic mass is 9.83. The van der Waals surface area contributed by atoms with Crippen LogP contribution in [0.15, 0.2) is 4.52 Å². The van der Waals surface area contributed by atoms with Gasteiger partial charge in [-0.25, -0.2) is 0 Å². The molecule has 1 saturated heterocycles. The van der Waals surface area contributed by atoms with E-state index in [4.69, 9.17) is 9.26 Å². The van der Waals surface area contributed by atoms with Crippen molar-refractivity contribution in [1.29, 1.82) is 0 Å². The van der Waals surface area contributed by atoms with Gasteiger partial charge in [0.05, 0.1) is 17.9 Å². The molecule has 0 bridgehead atoms. The Labute approximate surface area is 188 Å². The number of amides is 2. The predicted molar refractivity (Wildman–Crippen MR) is 117 cm³/mol. The molecule has 1 fully saturated rings. The Balaban J connectivity index is 1.37. The first-order chi connectivity index (χ1) is 15.2. The van der Waals surface area contributed by atoms with Crippen molar-refractivity contribution in [2.24, 2.45) is 7.05 Å². The third-order valence-corrected chi connectivity index (χ3v) is 6.72. The summed E-state index contributed by atoms with van der Waals surface area (Å²) in [5.74, 6) is 0.788. The molecule has 4 rings (SSSR count). The molecule has 2 aromatic rings. The van der Waals surface area contributed by atoms with Gasteiger partial charge in [-0.15, -0.1) is 0 Å². The van der Waals surface area contributed by atoms with Crippen molar-refractivity contribution < 1.29 is 18.8 Å². The third-order valence-electron chi connectivity index (χ3n) is 6.72. The van der Waals surface area contributed by atoms with Crippen molar-refractivity contribution in [2.45, 2.75) is 78.0 Å². The smallest absolute Gasteiger partial charge is 0.272 e. The number of aryl methyl sites for hydroxylation is 3. The minimum Gasteiger partial charge on any atom is -0.370 e. The SMILES string of the molecule is Cc1noc(C)c1CCC(=O)N1CCC2(CC1)Cc1c(c(C(=O)NC(C)C)nn1C)CO2. The minimum absolute atomic E-state index is 0.0514. The van der Waals surface area contributed by atoms with Crippen LogP contribution in [0.2, 0.25) is 0 Å². The topological polar surface area (TPSA) is 102 Å². The summed E-state index contributed by atoms with van der Waals surface area (Å²) in [6.45, 7) is 9.39. The Morgan fingerprint density at radius 3 is 2.56 bits per heavy atom. The number of carbonyl (C=O) groups excluding carboxylic acids is 2. The lowest BCUT2D eigenvalue weighted by Gasteiger charge is -2.44. The summed E-state index contributed by atoms with van der Waals surface area (Å²) in [7, 11) is 1.89. The number of piperidine rings is 1. The summed E-state index contributed by atoms with van der Waals surface area (Å²) < 4.78 is 13.3. The van der Waals surface area contributed by atoms with E-state index >= 15 is 0 Å². The molecule has 174 valence electrons. The predicted octanol–water partition coefficient (Wildman–Crippen LogP) is 2.23. The van der Waals surface area contributed by atoms with Gasteiger partial charge < -0.3 is 19.5 Å². The van der Waals surface area contributed by atoms with Gasteiger partial charge in [-0.1, -0.05) is 5.16 Å². The molecule has 0 saturated carbocycles. The van der Waals surface area contributed by atoms with Crippen molar-refractivity contribution in [3.05, 3.63) is 34.0 Å². The molecule has 9 heteroatoms. The van der Waals surface area contributed by atoms with Gasteiger partial charge in [-0.2, -0.15) is 5.10 Å². The number of carbonyl (C=O) groups is 2. The number of aromatic nitrogens is 3. The lowest BCUT2D eigenvalue weighted by Crippen LogP contribution is -2.50. The number of nitrogens with one attached hydrogen (secondary N) is 1. The molecular weight excluding hydrogens is 410 g/mol. The van der Waals surface area contributed by atoms with E-state index in [2.05, 4.69) is 15.6 Å². The Bertz CT molecular complexity index is 994. The fourth-order valence-corrected chi connectivity index (χ4v) is 4.80. The summed E-state index contributed by atoms with van der Waals surface area (Å²) in [6, 6.07) is 0.0514. The fraction of sp³-hybridized carbons (Fsp3) is 0.652. The van der Waals surface area contributed by atoms with Crippen molar-refractivity contribution in [3.8, 4) is 0 Å². The Kier molecular flexibility index (Phi) is 6.11. The van der Waals surface area contributed by atoms with E-state index in [1.54, 1.807) is 0 Å². The number of ether oxygens (including phenoxy) is 1. The number of fused-ring (bicyclic) bond motifs is 1. The first-order valence-electron chi connectivity index (χ1n) is 11.4. The molecule has 0 unspecified atom stereocenters. The quantitative estimate of drug-likeness (QED) is 0.760. The number of hydrogen-bond acceptors (Lipinski definition) is 6.